The van der Waals surface area contributed by atoms with Crippen LogP contribution in [0.5, 0.6) is 0 Å². The lowest BCUT2D eigenvalue weighted by Crippen LogP contribution is -2.33. The van der Waals surface area contributed by atoms with Gasteiger partial charge in [-0.05, 0) is 31.5 Å². The van der Waals surface area contributed by atoms with Crippen molar-refractivity contribution >= 4 is 10.9 Å². The molecule has 1 saturated heterocycles. The molecule has 3 heterocycles. The van der Waals surface area contributed by atoms with Crippen LogP contribution in [-0.2, 0) is 20.6 Å². The number of hydrogen-bond acceptors (Lipinski definition) is 5. The van der Waals surface area contributed by atoms with E-state index in [1.807, 2.05) is 18.2 Å². The Morgan fingerprint density at radius 1 is 1.15 bits per heavy atom. The highest BCUT2D eigenvalue weighted by Gasteiger charge is 2.30. The Labute approximate surface area is 150 Å². The van der Waals surface area contributed by atoms with Gasteiger partial charge in [-0.25, -0.2) is 9.97 Å². The van der Waals surface area contributed by atoms with E-state index in [0.29, 0.717) is 17.5 Å². The van der Waals surface area contributed by atoms with Gasteiger partial charge in [-0.3, -0.25) is 19.1 Å². The maximum atomic E-state index is 12.7. The summed E-state index contributed by atoms with van der Waals surface area (Å²) in [6.45, 7) is 1.37. The fourth-order valence-corrected chi connectivity index (χ4v) is 3.73. The molecule has 0 bridgehead atoms. The zero-order valence-corrected chi connectivity index (χ0v) is 14.9. The van der Waals surface area contributed by atoms with Gasteiger partial charge in [0.2, 0.25) is 0 Å². The SMILES string of the molecule is Cn1cncc(CN2CCCC2c2nc3ccccc3c(=O)n2C)c1=O. The van der Waals surface area contributed by atoms with Crippen molar-refractivity contribution in [1.82, 2.24) is 24.0 Å². The van der Waals surface area contributed by atoms with E-state index in [-0.39, 0.29) is 17.2 Å². The number of nitrogens with zero attached hydrogens (tertiary/aromatic N) is 5. The summed E-state index contributed by atoms with van der Waals surface area (Å²) in [4.78, 5) is 36.1. The number of aryl methyl sites for hydroxylation is 1. The van der Waals surface area contributed by atoms with Gasteiger partial charge in [0, 0.05) is 32.4 Å². The topological polar surface area (TPSA) is 73.0 Å². The molecular formula is C19H21N5O2. The summed E-state index contributed by atoms with van der Waals surface area (Å²) in [5.41, 5.74) is 1.31. The van der Waals surface area contributed by atoms with Crippen LogP contribution in [0.4, 0.5) is 0 Å². The highest BCUT2D eigenvalue weighted by molar-refractivity contribution is 5.77. The van der Waals surface area contributed by atoms with Crippen molar-refractivity contribution in [2.24, 2.45) is 14.1 Å². The van der Waals surface area contributed by atoms with Gasteiger partial charge in [0.25, 0.3) is 11.1 Å². The number of likely N-dealkylation sites (tertiary alicyclic amines) is 1. The van der Waals surface area contributed by atoms with E-state index in [0.717, 1.165) is 30.7 Å². The zero-order valence-electron chi connectivity index (χ0n) is 14.9. The maximum absolute atomic E-state index is 12.7. The lowest BCUT2D eigenvalue weighted by atomic mass is 10.1. The van der Waals surface area contributed by atoms with Gasteiger partial charge >= 0.3 is 0 Å². The summed E-state index contributed by atoms with van der Waals surface area (Å²) >= 11 is 0. The van der Waals surface area contributed by atoms with Crippen LogP contribution in [0.1, 0.15) is 30.3 Å². The summed E-state index contributed by atoms with van der Waals surface area (Å²) in [7, 11) is 3.48. The van der Waals surface area contributed by atoms with Gasteiger partial charge in [-0.1, -0.05) is 12.1 Å². The van der Waals surface area contributed by atoms with E-state index in [2.05, 4.69) is 9.88 Å². The number of aromatic nitrogens is 4. The summed E-state index contributed by atoms with van der Waals surface area (Å²) in [6, 6.07) is 7.44. The first-order valence-electron chi connectivity index (χ1n) is 8.75. The number of benzene rings is 1. The average Bonchev–Trinajstić information content (AvgIpc) is 3.10. The van der Waals surface area contributed by atoms with Crippen molar-refractivity contribution in [1.29, 1.82) is 0 Å². The molecule has 4 rings (SSSR count). The van der Waals surface area contributed by atoms with E-state index in [1.54, 1.807) is 30.9 Å². The third-order valence-corrected chi connectivity index (χ3v) is 5.12. The Kier molecular flexibility index (Phi) is 4.16. The Bertz CT molecular complexity index is 1090. The Morgan fingerprint density at radius 2 is 1.96 bits per heavy atom. The van der Waals surface area contributed by atoms with Crippen LogP contribution in [0.25, 0.3) is 10.9 Å². The summed E-state index contributed by atoms with van der Waals surface area (Å²) in [5, 5.41) is 0.629. The van der Waals surface area contributed by atoms with Gasteiger partial charge in [0.15, 0.2) is 0 Å². The lowest BCUT2D eigenvalue weighted by Gasteiger charge is -2.25. The molecule has 0 saturated carbocycles. The predicted molar refractivity (Wildman–Crippen MR) is 98.8 cm³/mol. The summed E-state index contributed by atoms with van der Waals surface area (Å²) in [6.07, 6.45) is 5.07. The average molecular weight is 351 g/mol. The standard InChI is InChI=1S/C19H21N5O2/c1-22-12-20-10-13(18(22)25)11-24-9-5-8-16(24)17-21-15-7-4-3-6-14(15)19(26)23(17)2/h3-4,6-7,10,12,16H,5,8-9,11H2,1-2H3. The van der Waals surface area contributed by atoms with Gasteiger partial charge in [-0.15, -0.1) is 0 Å². The first-order valence-corrected chi connectivity index (χ1v) is 8.75. The second kappa shape index (κ2) is 6.49. The molecule has 7 nitrogen and oxygen atoms in total. The Balaban J connectivity index is 1.74. The smallest absolute Gasteiger partial charge is 0.261 e. The van der Waals surface area contributed by atoms with Crippen LogP contribution in [0.2, 0.25) is 0 Å². The number of para-hydroxylation sites is 1. The molecule has 1 aliphatic rings. The van der Waals surface area contributed by atoms with Crippen LogP contribution < -0.4 is 11.1 Å². The molecule has 0 N–H and O–H groups in total. The minimum Gasteiger partial charge on any atom is -0.302 e. The first kappa shape index (κ1) is 16.7. The number of hydrogen-bond donors (Lipinski definition) is 0. The maximum Gasteiger partial charge on any atom is 0.261 e. The van der Waals surface area contributed by atoms with Crippen molar-refractivity contribution in [3.63, 3.8) is 0 Å². The van der Waals surface area contributed by atoms with Gasteiger partial charge in [0.05, 0.1) is 23.3 Å². The van der Waals surface area contributed by atoms with Gasteiger partial charge in [0.1, 0.15) is 5.82 Å². The van der Waals surface area contributed by atoms with Crippen LogP contribution >= 0.6 is 0 Å². The minimum atomic E-state index is -0.0361. The fraction of sp³-hybridized carbons (Fsp3) is 0.368. The molecule has 0 radical (unpaired) electrons. The molecule has 0 aliphatic carbocycles. The highest BCUT2D eigenvalue weighted by atomic mass is 16.1. The molecule has 1 fully saturated rings. The van der Waals surface area contributed by atoms with E-state index in [1.165, 1.54) is 10.9 Å². The molecule has 134 valence electrons. The lowest BCUT2D eigenvalue weighted by molar-refractivity contribution is 0.233. The normalized spacial score (nSPS) is 17.8. The largest absolute Gasteiger partial charge is 0.302 e. The molecule has 0 spiro atoms. The summed E-state index contributed by atoms with van der Waals surface area (Å²) in [5.74, 6) is 0.756. The van der Waals surface area contributed by atoms with E-state index >= 15 is 0 Å². The molecular weight excluding hydrogens is 330 g/mol. The molecule has 0 amide bonds. The molecule has 2 aromatic heterocycles. The molecule has 26 heavy (non-hydrogen) atoms. The van der Waals surface area contributed by atoms with E-state index in [4.69, 9.17) is 4.98 Å². The monoisotopic (exact) mass is 351 g/mol. The predicted octanol–water partition coefficient (Wildman–Crippen LogP) is 1.36. The molecule has 3 aromatic rings. The Morgan fingerprint density at radius 3 is 2.81 bits per heavy atom. The van der Waals surface area contributed by atoms with Crippen molar-refractivity contribution < 1.29 is 0 Å². The van der Waals surface area contributed by atoms with Crippen molar-refractivity contribution in [3.8, 4) is 0 Å². The third kappa shape index (κ3) is 2.74. The van der Waals surface area contributed by atoms with Crippen molar-refractivity contribution in [3.05, 3.63) is 68.9 Å². The second-order valence-electron chi connectivity index (χ2n) is 6.81. The zero-order chi connectivity index (χ0) is 18.3. The van der Waals surface area contributed by atoms with Gasteiger partial charge in [-0.2, -0.15) is 0 Å². The molecule has 1 unspecified atom stereocenters. The van der Waals surface area contributed by atoms with Gasteiger partial charge < -0.3 is 4.57 Å². The highest BCUT2D eigenvalue weighted by Crippen LogP contribution is 2.31. The van der Waals surface area contributed by atoms with E-state index < -0.39 is 0 Å². The quantitative estimate of drug-likeness (QED) is 0.712. The van der Waals surface area contributed by atoms with Crippen molar-refractivity contribution in [2.45, 2.75) is 25.4 Å². The number of rotatable bonds is 3. The van der Waals surface area contributed by atoms with Crippen LogP contribution in [0.15, 0.2) is 46.4 Å². The van der Waals surface area contributed by atoms with Crippen LogP contribution in [0.3, 0.4) is 0 Å². The second-order valence-corrected chi connectivity index (χ2v) is 6.81. The molecule has 1 atom stereocenters. The molecule has 1 aliphatic heterocycles. The fourth-order valence-electron chi connectivity index (χ4n) is 3.73. The molecule has 7 heteroatoms. The van der Waals surface area contributed by atoms with Crippen LogP contribution in [0, 0.1) is 0 Å². The van der Waals surface area contributed by atoms with E-state index in [9.17, 15) is 9.59 Å². The van der Waals surface area contributed by atoms with Crippen molar-refractivity contribution in [2.75, 3.05) is 6.54 Å². The Hall–Kier alpha value is -2.80. The third-order valence-electron chi connectivity index (χ3n) is 5.12. The first-order chi connectivity index (χ1) is 12.6. The summed E-state index contributed by atoms with van der Waals surface area (Å²) < 4.78 is 3.14. The molecule has 1 aromatic carbocycles. The van der Waals surface area contributed by atoms with Crippen LogP contribution in [-0.4, -0.2) is 30.5 Å². The minimum absolute atomic E-state index is 0.0159. The number of fused-ring (bicyclic) bond motifs is 1.